The van der Waals surface area contributed by atoms with Gasteiger partial charge in [0.2, 0.25) is 5.91 Å². The lowest BCUT2D eigenvalue weighted by atomic mass is 10.0. The predicted octanol–water partition coefficient (Wildman–Crippen LogP) is 3.43. The molecular formula is C15H23ClN2O. The van der Waals surface area contributed by atoms with Crippen LogP contribution in [0.3, 0.4) is 0 Å². The van der Waals surface area contributed by atoms with Gasteiger partial charge in [-0.25, -0.2) is 0 Å². The van der Waals surface area contributed by atoms with E-state index in [1.54, 1.807) is 0 Å². The first-order chi connectivity index (χ1) is 9.17. The lowest BCUT2D eigenvalue weighted by Gasteiger charge is -2.17. The number of amides is 1. The van der Waals surface area contributed by atoms with Gasteiger partial charge in [0.1, 0.15) is 0 Å². The topological polar surface area (TPSA) is 55.1 Å². The molecule has 1 amide bonds. The Morgan fingerprint density at radius 2 is 1.95 bits per heavy atom. The second-order valence-corrected chi connectivity index (χ2v) is 5.12. The molecule has 106 valence electrons. The lowest BCUT2D eigenvalue weighted by Crippen LogP contribution is -2.27. The maximum absolute atomic E-state index is 11.8. The number of nitrogens with two attached hydrogens (primary N) is 1. The third kappa shape index (κ3) is 6.08. The molecule has 0 saturated heterocycles. The minimum Gasteiger partial charge on any atom is -0.349 e. The zero-order valence-electron chi connectivity index (χ0n) is 11.5. The Bertz CT molecular complexity index is 378. The normalized spacial score (nSPS) is 12.2. The number of hydrogen-bond donors (Lipinski definition) is 2. The van der Waals surface area contributed by atoms with Crippen molar-refractivity contribution >= 4 is 17.5 Å². The molecule has 0 spiro atoms. The Labute approximate surface area is 120 Å². The molecule has 0 saturated carbocycles. The van der Waals surface area contributed by atoms with Gasteiger partial charge in [-0.15, -0.1) is 0 Å². The fourth-order valence-electron chi connectivity index (χ4n) is 1.99. The van der Waals surface area contributed by atoms with Crippen LogP contribution in [0.4, 0.5) is 0 Å². The molecule has 1 rings (SSSR count). The maximum Gasteiger partial charge on any atom is 0.220 e. The standard InChI is InChI=1S/C15H23ClN2O/c1-2-14(12-7-9-13(16)10-8-12)18-15(19)6-4-3-5-11-17/h7-10,14H,2-6,11,17H2,1H3,(H,18,19). The average Bonchev–Trinajstić information content (AvgIpc) is 2.42. The first-order valence-electron chi connectivity index (χ1n) is 6.92. The van der Waals surface area contributed by atoms with Crippen LogP contribution in [0, 0.1) is 0 Å². The molecule has 0 heterocycles. The Balaban J connectivity index is 2.43. The van der Waals surface area contributed by atoms with Crippen LogP contribution in [0.1, 0.15) is 50.6 Å². The highest BCUT2D eigenvalue weighted by Gasteiger charge is 2.12. The van der Waals surface area contributed by atoms with E-state index in [1.807, 2.05) is 24.3 Å². The van der Waals surface area contributed by atoms with E-state index in [4.69, 9.17) is 17.3 Å². The highest BCUT2D eigenvalue weighted by Crippen LogP contribution is 2.19. The van der Waals surface area contributed by atoms with Crippen LogP contribution in [-0.2, 0) is 4.79 Å². The number of carbonyl (C=O) groups is 1. The monoisotopic (exact) mass is 282 g/mol. The Morgan fingerprint density at radius 1 is 1.26 bits per heavy atom. The summed E-state index contributed by atoms with van der Waals surface area (Å²) >= 11 is 5.87. The van der Waals surface area contributed by atoms with Crippen molar-refractivity contribution in [3.8, 4) is 0 Å². The van der Waals surface area contributed by atoms with Crippen molar-refractivity contribution in [2.24, 2.45) is 5.73 Å². The van der Waals surface area contributed by atoms with Crippen LogP contribution >= 0.6 is 11.6 Å². The lowest BCUT2D eigenvalue weighted by molar-refractivity contribution is -0.122. The van der Waals surface area contributed by atoms with Gasteiger partial charge >= 0.3 is 0 Å². The van der Waals surface area contributed by atoms with E-state index < -0.39 is 0 Å². The van der Waals surface area contributed by atoms with Crippen LogP contribution in [0.25, 0.3) is 0 Å². The fourth-order valence-corrected chi connectivity index (χ4v) is 2.12. The molecule has 0 aliphatic heterocycles. The van der Waals surface area contributed by atoms with Crippen LogP contribution in [0.15, 0.2) is 24.3 Å². The van der Waals surface area contributed by atoms with Gasteiger partial charge in [0.15, 0.2) is 0 Å². The number of unbranched alkanes of at least 4 members (excludes halogenated alkanes) is 2. The first kappa shape index (κ1) is 16.0. The van der Waals surface area contributed by atoms with Gasteiger partial charge in [-0.2, -0.15) is 0 Å². The number of hydrogen-bond acceptors (Lipinski definition) is 2. The maximum atomic E-state index is 11.8. The molecular weight excluding hydrogens is 260 g/mol. The minimum atomic E-state index is 0.0688. The number of benzene rings is 1. The molecule has 1 atom stereocenters. The second kappa shape index (κ2) is 8.94. The van der Waals surface area contributed by atoms with E-state index in [2.05, 4.69) is 12.2 Å². The van der Waals surface area contributed by atoms with Gasteiger partial charge in [0, 0.05) is 11.4 Å². The molecule has 0 aliphatic rings. The van der Waals surface area contributed by atoms with Crippen molar-refractivity contribution in [3.63, 3.8) is 0 Å². The zero-order chi connectivity index (χ0) is 14.1. The van der Waals surface area contributed by atoms with E-state index in [-0.39, 0.29) is 11.9 Å². The third-order valence-corrected chi connectivity index (χ3v) is 3.38. The van der Waals surface area contributed by atoms with Crippen molar-refractivity contribution < 1.29 is 4.79 Å². The van der Waals surface area contributed by atoms with Gasteiger partial charge in [-0.3, -0.25) is 4.79 Å². The van der Waals surface area contributed by atoms with Crippen LogP contribution in [-0.4, -0.2) is 12.5 Å². The third-order valence-electron chi connectivity index (χ3n) is 3.12. The molecule has 0 aliphatic carbocycles. The molecule has 0 radical (unpaired) electrons. The average molecular weight is 283 g/mol. The SMILES string of the molecule is CCC(NC(=O)CCCCCN)c1ccc(Cl)cc1. The molecule has 3 N–H and O–H groups in total. The van der Waals surface area contributed by atoms with Gasteiger partial charge in [-0.05, 0) is 43.5 Å². The number of nitrogens with one attached hydrogen (secondary N) is 1. The molecule has 0 fully saturated rings. The molecule has 0 aromatic heterocycles. The Hall–Kier alpha value is -1.06. The van der Waals surface area contributed by atoms with E-state index >= 15 is 0 Å². The summed E-state index contributed by atoms with van der Waals surface area (Å²) in [6, 6.07) is 7.70. The summed E-state index contributed by atoms with van der Waals surface area (Å²) in [5.41, 5.74) is 6.52. The van der Waals surface area contributed by atoms with Crippen molar-refractivity contribution in [1.82, 2.24) is 5.32 Å². The van der Waals surface area contributed by atoms with Crippen LogP contribution < -0.4 is 11.1 Å². The molecule has 3 nitrogen and oxygen atoms in total. The smallest absolute Gasteiger partial charge is 0.220 e. The summed E-state index contributed by atoms with van der Waals surface area (Å²) in [6.45, 7) is 2.76. The molecule has 19 heavy (non-hydrogen) atoms. The highest BCUT2D eigenvalue weighted by atomic mass is 35.5. The highest BCUT2D eigenvalue weighted by molar-refractivity contribution is 6.30. The van der Waals surface area contributed by atoms with Crippen molar-refractivity contribution in [2.45, 2.75) is 45.1 Å². The summed E-state index contributed by atoms with van der Waals surface area (Å²) < 4.78 is 0. The second-order valence-electron chi connectivity index (χ2n) is 4.68. The molecule has 0 bridgehead atoms. The van der Waals surface area contributed by atoms with E-state index in [0.717, 1.165) is 31.2 Å². The molecule has 1 unspecified atom stereocenters. The number of rotatable bonds is 8. The van der Waals surface area contributed by atoms with Crippen molar-refractivity contribution in [1.29, 1.82) is 0 Å². The summed E-state index contributed by atoms with van der Waals surface area (Å²) in [4.78, 5) is 11.8. The quantitative estimate of drug-likeness (QED) is 0.718. The van der Waals surface area contributed by atoms with E-state index in [9.17, 15) is 4.79 Å². The minimum absolute atomic E-state index is 0.0688. The summed E-state index contributed by atoms with van der Waals surface area (Å²) in [7, 11) is 0. The van der Waals surface area contributed by atoms with Crippen molar-refractivity contribution in [3.05, 3.63) is 34.9 Å². The van der Waals surface area contributed by atoms with Crippen LogP contribution in [0.2, 0.25) is 5.02 Å². The Morgan fingerprint density at radius 3 is 2.53 bits per heavy atom. The van der Waals surface area contributed by atoms with E-state index in [0.29, 0.717) is 18.0 Å². The van der Waals surface area contributed by atoms with Gasteiger partial charge in [0.05, 0.1) is 6.04 Å². The van der Waals surface area contributed by atoms with Gasteiger partial charge < -0.3 is 11.1 Å². The van der Waals surface area contributed by atoms with Crippen molar-refractivity contribution in [2.75, 3.05) is 6.54 Å². The largest absolute Gasteiger partial charge is 0.349 e. The fraction of sp³-hybridized carbons (Fsp3) is 0.533. The van der Waals surface area contributed by atoms with E-state index in [1.165, 1.54) is 0 Å². The van der Waals surface area contributed by atoms with Crippen LogP contribution in [0.5, 0.6) is 0 Å². The summed E-state index contributed by atoms with van der Waals surface area (Å²) in [6.07, 6.45) is 4.35. The number of carbonyl (C=O) groups excluding carboxylic acids is 1. The zero-order valence-corrected chi connectivity index (χ0v) is 12.2. The van der Waals surface area contributed by atoms with Gasteiger partial charge in [-0.1, -0.05) is 37.1 Å². The predicted molar refractivity (Wildman–Crippen MR) is 80.1 cm³/mol. The first-order valence-corrected chi connectivity index (χ1v) is 7.30. The summed E-state index contributed by atoms with van der Waals surface area (Å²) in [5, 5.41) is 3.78. The number of halogens is 1. The van der Waals surface area contributed by atoms with Gasteiger partial charge in [0.25, 0.3) is 0 Å². The summed E-state index contributed by atoms with van der Waals surface area (Å²) in [5.74, 6) is 0.110. The Kier molecular flexibility index (Phi) is 7.53. The molecule has 1 aromatic carbocycles. The molecule has 1 aromatic rings. The molecule has 4 heteroatoms.